The summed E-state index contributed by atoms with van der Waals surface area (Å²) in [6.45, 7) is 8.41. The van der Waals surface area contributed by atoms with Gasteiger partial charge in [0.1, 0.15) is 11.4 Å². The lowest BCUT2D eigenvalue weighted by atomic mass is 10.2. The van der Waals surface area contributed by atoms with Crippen molar-refractivity contribution in [1.29, 1.82) is 0 Å². The van der Waals surface area contributed by atoms with Gasteiger partial charge in [-0.25, -0.2) is 4.98 Å². The van der Waals surface area contributed by atoms with Gasteiger partial charge in [0, 0.05) is 12.3 Å². The smallest absolute Gasteiger partial charge is 0.316 e. The van der Waals surface area contributed by atoms with E-state index >= 15 is 0 Å². The highest BCUT2D eigenvalue weighted by molar-refractivity contribution is 7.99. The van der Waals surface area contributed by atoms with Gasteiger partial charge in [-0.05, 0) is 27.7 Å². The highest BCUT2D eigenvalue weighted by atomic mass is 32.2. The number of hydrogen-bond acceptors (Lipinski definition) is 6. The Bertz CT molecular complexity index is 401. The zero-order valence-electron chi connectivity index (χ0n) is 11.9. The number of nitrogens with zero attached hydrogens (tertiary/aromatic N) is 2. The Morgan fingerprint density at radius 3 is 2.63 bits per heavy atom. The number of thioether (sulfide) groups is 1. The largest absolute Gasteiger partial charge is 0.459 e. The molecule has 0 aliphatic heterocycles. The van der Waals surface area contributed by atoms with Gasteiger partial charge in [-0.3, -0.25) is 9.78 Å². The van der Waals surface area contributed by atoms with Crippen molar-refractivity contribution in [3.05, 3.63) is 18.1 Å². The second-order valence-electron chi connectivity index (χ2n) is 5.00. The predicted molar refractivity (Wildman–Crippen MR) is 78.2 cm³/mol. The quantitative estimate of drug-likeness (QED) is 0.809. The molecule has 0 amide bonds. The van der Waals surface area contributed by atoms with Crippen LogP contribution in [0.5, 0.6) is 0 Å². The van der Waals surface area contributed by atoms with Crippen LogP contribution >= 0.6 is 11.8 Å². The van der Waals surface area contributed by atoms with Gasteiger partial charge >= 0.3 is 5.97 Å². The SMILES string of the molecule is CCNc1cnc(CSCC(=O)OC(C)(C)C)cn1. The second-order valence-corrected chi connectivity index (χ2v) is 5.99. The molecule has 0 spiro atoms. The van der Waals surface area contributed by atoms with Crippen LogP contribution in [-0.4, -0.2) is 33.8 Å². The summed E-state index contributed by atoms with van der Waals surface area (Å²) in [4.78, 5) is 20.0. The topological polar surface area (TPSA) is 64.1 Å². The van der Waals surface area contributed by atoms with Crippen LogP contribution in [-0.2, 0) is 15.3 Å². The number of rotatable bonds is 6. The maximum Gasteiger partial charge on any atom is 0.316 e. The number of carbonyl (C=O) groups excluding carboxylic acids is 1. The zero-order valence-corrected chi connectivity index (χ0v) is 12.7. The van der Waals surface area contributed by atoms with Gasteiger partial charge in [0.15, 0.2) is 0 Å². The fourth-order valence-electron chi connectivity index (χ4n) is 1.31. The standard InChI is InChI=1S/C13H21N3O2S/c1-5-14-11-7-15-10(6-16-11)8-19-9-12(17)18-13(2,3)4/h6-7H,5,8-9H2,1-4H3,(H,14,16). The lowest BCUT2D eigenvalue weighted by Crippen LogP contribution is -2.24. The summed E-state index contributed by atoms with van der Waals surface area (Å²) in [5.74, 6) is 1.55. The van der Waals surface area contributed by atoms with E-state index in [4.69, 9.17) is 4.74 Å². The summed E-state index contributed by atoms with van der Waals surface area (Å²) in [7, 11) is 0. The molecule has 19 heavy (non-hydrogen) atoms. The van der Waals surface area contributed by atoms with Crippen molar-refractivity contribution in [2.75, 3.05) is 17.6 Å². The molecule has 0 bridgehead atoms. The molecule has 6 heteroatoms. The van der Waals surface area contributed by atoms with Gasteiger partial charge in [0.25, 0.3) is 0 Å². The zero-order chi connectivity index (χ0) is 14.3. The van der Waals surface area contributed by atoms with Crippen LogP contribution < -0.4 is 5.32 Å². The van der Waals surface area contributed by atoms with E-state index in [1.807, 2.05) is 27.7 Å². The van der Waals surface area contributed by atoms with E-state index < -0.39 is 5.60 Å². The van der Waals surface area contributed by atoms with E-state index in [1.54, 1.807) is 12.4 Å². The maximum atomic E-state index is 11.5. The Balaban J connectivity index is 2.31. The van der Waals surface area contributed by atoms with E-state index in [9.17, 15) is 4.79 Å². The number of nitrogens with one attached hydrogen (secondary N) is 1. The lowest BCUT2D eigenvalue weighted by molar-refractivity contribution is -0.151. The van der Waals surface area contributed by atoms with Gasteiger partial charge in [-0.1, -0.05) is 0 Å². The molecule has 0 atom stereocenters. The minimum Gasteiger partial charge on any atom is -0.459 e. The number of aromatic nitrogens is 2. The molecule has 1 heterocycles. The molecule has 0 aliphatic carbocycles. The van der Waals surface area contributed by atoms with Gasteiger partial charge in [-0.2, -0.15) is 0 Å². The normalized spacial score (nSPS) is 11.2. The molecule has 0 radical (unpaired) electrons. The van der Waals surface area contributed by atoms with Crippen molar-refractivity contribution in [1.82, 2.24) is 9.97 Å². The first kappa shape index (κ1) is 15.8. The average molecular weight is 283 g/mol. The summed E-state index contributed by atoms with van der Waals surface area (Å²) in [6.07, 6.45) is 3.42. The molecule has 0 saturated heterocycles. The predicted octanol–water partition coefficient (Wildman–Crippen LogP) is 2.48. The molecule has 106 valence electrons. The molecule has 1 rings (SSSR count). The number of esters is 1. The Hall–Kier alpha value is -1.30. The van der Waals surface area contributed by atoms with Crippen molar-refractivity contribution in [3.8, 4) is 0 Å². The number of anilines is 1. The summed E-state index contributed by atoms with van der Waals surface area (Å²) in [5.41, 5.74) is 0.431. The number of carbonyl (C=O) groups is 1. The molecule has 0 fully saturated rings. The van der Waals surface area contributed by atoms with Crippen LogP contribution in [0, 0.1) is 0 Å². The molecule has 1 N–H and O–H groups in total. The molecule has 1 aromatic rings. The minimum atomic E-state index is -0.426. The van der Waals surface area contributed by atoms with Crippen LogP contribution in [0.25, 0.3) is 0 Å². The molecule has 0 unspecified atom stereocenters. The van der Waals surface area contributed by atoms with Crippen molar-refractivity contribution >= 4 is 23.5 Å². The van der Waals surface area contributed by atoms with Crippen molar-refractivity contribution in [2.24, 2.45) is 0 Å². The van der Waals surface area contributed by atoms with Gasteiger partial charge in [0.05, 0.1) is 23.8 Å². The van der Waals surface area contributed by atoms with Crippen LogP contribution in [0.15, 0.2) is 12.4 Å². The summed E-state index contributed by atoms with van der Waals surface area (Å²) < 4.78 is 5.22. The van der Waals surface area contributed by atoms with Crippen LogP contribution in [0.2, 0.25) is 0 Å². The molecule has 1 aromatic heterocycles. The van der Waals surface area contributed by atoms with Gasteiger partial charge in [0.2, 0.25) is 0 Å². The monoisotopic (exact) mass is 283 g/mol. The van der Waals surface area contributed by atoms with E-state index in [2.05, 4.69) is 15.3 Å². The van der Waals surface area contributed by atoms with Crippen molar-refractivity contribution < 1.29 is 9.53 Å². The molecule has 0 aliphatic rings. The lowest BCUT2D eigenvalue weighted by Gasteiger charge is -2.19. The third kappa shape index (κ3) is 7.00. The maximum absolute atomic E-state index is 11.5. The third-order valence-corrected chi connectivity index (χ3v) is 2.89. The average Bonchev–Trinajstić information content (AvgIpc) is 2.29. The number of hydrogen-bond donors (Lipinski definition) is 1. The van der Waals surface area contributed by atoms with Crippen LogP contribution in [0.4, 0.5) is 5.82 Å². The molecule has 5 nitrogen and oxygen atoms in total. The summed E-state index contributed by atoms with van der Waals surface area (Å²) in [5, 5.41) is 3.08. The number of ether oxygens (including phenoxy) is 1. The first-order chi connectivity index (χ1) is 8.90. The van der Waals surface area contributed by atoms with E-state index in [0.29, 0.717) is 11.5 Å². The summed E-state index contributed by atoms with van der Waals surface area (Å²) >= 11 is 1.48. The first-order valence-corrected chi connectivity index (χ1v) is 7.40. The van der Waals surface area contributed by atoms with Gasteiger partial charge < -0.3 is 10.1 Å². The van der Waals surface area contributed by atoms with Crippen molar-refractivity contribution in [3.63, 3.8) is 0 Å². The van der Waals surface area contributed by atoms with E-state index in [-0.39, 0.29) is 5.97 Å². The fourth-order valence-corrected chi connectivity index (χ4v) is 2.00. The van der Waals surface area contributed by atoms with Crippen LogP contribution in [0.3, 0.4) is 0 Å². The molecular formula is C13H21N3O2S. The van der Waals surface area contributed by atoms with E-state index in [1.165, 1.54) is 11.8 Å². The molecule has 0 saturated carbocycles. The minimum absolute atomic E-state index is 0.199. The van der Waals surface area contributed by atoms with Crippen molar-refractivity contribution in [2.45, 2.75) is 39.0 Å². The highest BCUT2D eigenvalue weighted by Crippen LogP contribution is 2.13. The Morgan fingerprint density at radius 1 is 1.37 bits per heavy atom. The Kier molecular flexibility index (Phi) is 6.08. The third-order valence-electron chi connectivity index (χ3n) is 1.95. The van der Waals surface area contributed by atoms with Crippen LogP contribution in [0.1, 0.15) is 33.4 Å². The molecular weight excluding hydrogens is 262 g/mol. The van der Waals surface area contributed by atoms with E-state index in [0.717, 1.165) is 18.1 Å². The summed E-state index contributed by atoms with van der Waals surface area (Å²) in [6, 6.07) is 0. The molecule has 0 aromatic carbocycles. The fraction of sp³-hybridized carbons (Fsp3) is 0.615. The Labute approximate surface area is 118 Å². The second kappa shape index (κ2) is 7.33. The van der Waals surface area contributed by atoms with Gasteiger partial charge in [-0.15, -0.1) is 11.8 Å². The first-order valence-electron chi connectivity index (χ1n) is 6.25. The Morgan fingerprint density at radius 2 is 2.11 bits per heavy atom. The highest BCUT2D eigenvalue weighted by Gasteiger charge is 2.15.